The largest absolute Gasteiger partial charge is 0.331 e. The molecular formula is C14H15N3O. The van der Waals surface area contributed by atoms with Crippen LogP contribution in [0.4, 0.5) is 10.5 Å². The topological polar surface area (TPSA) is 45.2 Å². The Hall–Kier alpha value is -2.36. The zero-order valence-corrected chi connectivity index (χ0v) is 10.4. The molecule has 0 radical (unpaired) electrons. The summed E-state index contributed by atoms with van der Waals surface area (Å²) in [5, 5.41) is 2.81. The number of rotatable bonds is 2. The van der Waals surface area contributed by atoms with E-state index in [9.17, 15) is 4.79 Å². The molecule has 0 aliphatic carbocycles. The molecule has 18 heavy (non-hydrogen) atoms. The first kappa shape index (κ1) is 12.1. The van der Waals surface area contributed by atoms with Gasteiger partial charge in [-0.2, -0.15) is 0 Å². The van der Waals surface area contributed by atoms with Crippen molar-refractivity contribution < 1.29 is 4.79 Å². The molecule has 2 aromatic rings. The molecule has 0 spiro atoms. The maximum atomic E-state index is 11.6. The third-order valence-corrected chi connectivity index (χ3v) is 2.48. The minimum absolute atomic E-state index is 0.145. The number of carbonyl (C=O) groups excluding carboxylic acids is 1. The van der Waals surface area contributed by atoms with Gasteiger partial charge in [0, 0.05) is 31.5 Å². The summed E-state index contributed by atoms with van der Waals surface area (Å²) < 4.78 is 0. The number of carbonyl (C=O) groups is 1. The van der Waals surface area contributed by atoms with Crippen molar-refractivity contribution in [3.05, 3.63) is 48.7 Å². The molecule has 1 heterocycles. The normalized spacial score (nSPS) is 9.89. The standard InChI is InChI=1S/C14H15N3O/c1-17(2)14(18)16-12-7-5-6-11(10-12)13-8-3-4-9-15-13/h3-10H,1-2H3,(H,16,18). The van der Waals surface area contributed by atoms with E-state index >= 15 is 0 Å². The summed E-state index contributed by atoms with van der Waals surface area (Å²) in [7, 11) is 3.41. The zero-order chi connectivity index (χ0) is 13.0. The van der Waals surface area contributed by atoms with Gasteiger partial charge < -0.3 is 10.2 Å². The van der Waals surface area contributed by atoms with Gasteiger partial charge >= 0.3 is 6.03 Å². The fraction of sp³-hybridized carbons (Fsp3) is 0.143. The fourth-order valence-corrected chi connectivity index (χ4v) is 1.53. The predicted molar refractivity (Wildman–Crippen MR) is 72.4 cm³/mol. The number of nitrogens with one attached hydrogen (secondary N) is 1. The van der Waals surface area contributed by atoms with Crippen LogP contribution in [0.25, 0.3) is 11.3 Å². The highest BCUT2D eigenvalue weighted by molar-refractivity contribution is 5.89. The van der Waals surface area contributed by atoms with Crippen molar-refractivity contribution >= 4 is 11.7 Å². The molecule has 1 aromatic heterocycles. The lowest BCUT2D eigenvalue weighted by atomic mass is 10.1. The molecule has 1 N–H and O–H groups in total. The lowest BCUT2D eigenvalue weighted by Crippen LogP contribution is -2.27. The zero-order valence-electron chi connectivity index (χ0n) is 10.4. The van der Waals surface area contributed by atoms with Crippen molar-refractivity contribution in [1.29, 1.82) is 0 Å². The molecule has 92 valence electrons. The first-order valence-electron chi connectivity index (χ1n) is 5.66. The van der Waals surface area contributed by atoms with E-state index in [1.54, 1.807) is 20.3 Å². The molecule has 4 nitrogen and oxygen atoms in total. The molecule has 2 amide bonds. The highest BCUT2D eigenvalue weighted by Crippen LogP contribution is 2.20. The van der Waals surface area contributed by atoms with Crippen molar-refractivity contribution in [2.45, 2.75) is 0 Å². The number of anilines is 1. The summed E-state index contributed by atoms with van der Waals surface area (Å²) >= 11 is 0. The number of nitrogens with zero attached hydrogens (tertiary/aromatic N) is 2. The van der Waals surface area contributed by atoms with Gasteiger partial charge in [-0.05, 0) is 24.3 Å². The van der Waals surface area contributed by atoms with Crippen LogP contribution in [0.5, 0.6) is 0 Å². The summed E-state index contributed by atoms with van der Waals surface area (Å²) in [5.41, 5.74) is 2.63. The van der Waals surface area contributed by atoms with Crippen LogP contribution in [0.3, 0.4) is 0 Å². The van der Waals surface area contributed by atoms with Gasteiger partial charge in [-0.3, -0.25) is 4.98 Å². The van der Waals surface area contributed by atoms with Crippen molar-refractivity contribution in [3.8, 4) is 11.3 Å². The minimum atomic E-state index is -0.145. The van der Waals surface area contributed by atoms with Crippen molar-refractivity contribution in [1.82, 2.24) is 9.88 Å². The SMILES string of the molecule is CN(C)C(=O)Nc1cccc(-c2ccccn2)c1. The van der Waals surface area contributed by atoms with E-state index in [1.165, 1.54) is 4.90 Å². The smallest absolute Gasteiger partial charge is 0.321 e. The van der Waals surface area contributed by atoms with E-state index in [1.807, 2.05) is 42.5 Å². The quantitative estimate of drug-likeness (QED) is 0.878. The summed E-state index contributed by atoms with van der Waals surface area (Å²) in [6, 6.07) is 13.2. The second-order valence-electron chi connectivity index (χ2n) is 4.12. The van der Waals surface area contributed by atoms with Crippen molar-refractivity contribution in [3.63, 3.8) is 0 Å². The van der Waals surface area contributed by atoms with E-state index in [4.69, 9.17) is 0 Å². The van der Waals surface area contributed by atoms with Crippen LogP contribution in [0.15, 0.2) is 48.7 Å². The molecule has 1 aromatic carbocycles. The molecule has 0 unspecified atom stereocenters. The first-order valence-corrected chi connectivity index (χ1v) is 5.66. The van der Waals surface area contributed by atoms with Gasteiger partial charge in [0.05, 0.1) is 5.69 Å². The van der Waals surface area contributed by atoms with Crippen molar-refractivity contribution in [2.75, 3.05) is 19.4 Å². The van der Waals surface area contributed by atoms with Gasteiger partial charge in [-0.1, -0.05) is 18.2 Å². The third kappa shape index (κ3) is 2.85. The number of aromatic nitrogens is 1. The summed E-state index contributed by atoms with van der Waals surface area (Å²) in [6.07, 6.45) is 1.75. The minimum Gasteiger partial charge on any atom is -0.331 e. The van der Waals surface area contributed by atoms with Crippen LogP contribution >= 0.6 is 0 Å². The number of hydrogen-bond acceptors (Lipinski definition) is 2. The first-order chi connectivity index (χ1) is 8.66. The predicted octanol–water partition coefficient (Wildman–Crippen LogP) is 2.84. The molecular weight excluding hydrogens is 226 g/mol. The van der Waals surface area contributed by atoms with E-state index in [2.05, 4.69) is 10.3 Å². The third-order valence-electron chi connectivity index (χ3n) is 2.48. The van der Waals surface area contributed by atoms with Gasteiger partial charge in [0.25, 0.3) is 0 Å². The van der Waals surface area contributed by atoms with Crippen LogP contribution in [0, 0.1) is 0 Å². The van der Waals surface area contributed by atoms with Crippen LogP contribution in [0.2, 0.25) is 0 Å². The van der Waals surface area contributed by atoms with E-state index in [-0.39, 0.29) is 6.03 Å². The molecule has 0 saturated heterocycles. The Morgan fingerprint density at radius 2 is 2.00 bits per heavy atom. The summed E-state index contributed by atoms with van der Waals surface area (Å²) in [6.45, 7) is 0. The van der Waals surface area contributed by atoms with Gasteiger partial charge in [-0.15, -0.1) is 0 Å². The molecule has 4 heteroatoms. The van der Waals surface area contributed by atoms with E-state index < -0.39 is 0 Å². The van der Waals surface area contributed by atoms with Gasteiger partial charge in [0.1, 0.15) is 0 Å². The number of amides is 2. The van der Waals surface area contributed by atoms with Gasteiger partial charge in [0.2, 0.25) is 0 Å². The Bertz CT molecular complexity index is 538. The monoisotopic (exact) mass is 241 g/mol. The summed E-state index contributed by atoms with van der Waals surface area (Å²) in [4.78, 5) is 17.3. The lowest BCUT2D eigenvalue weighted by molar-refractivity contribution is 0.230. The molecule has 0 atom stereocenters. The van der Waals surface area contributed by atoms with Crippen molar-refractivity contribution in [2.24, 2.45) is 0 Å². The molecule has 0 bridgehead atoms. The Balaban J connectivity index is 2.23. The molecule has 0 aliphatic heterocycles. The maximum Gasteiger partial charge on any atom is 0.321 e. The number of urea groups is 1. The molecule has 0 fully saturated rings. The average Bonchev–Trinajstić information content (AvgIpc) is 2.40. The Labute approximate surface area is 106 Å². The molecule has 0 saturated carbocycles. The van der Waals surface area contributed by atoms with Gasteiger partial charge in [0.15, 0.2) is 0 Å². The average molecular weight is 241 g/mol. The summed E-state index contributed by atoms with van der Waals surface area (Å²) in [5.74, 6) is 0. The Morgan fingerprint density at radius 3 is 2.67 bits per heavy atom. The molecule has 2 rings (SSSR count). The van der Waals surface area contributed by atoms with Crippen LogP contribution in [-0.4, -0.2) is 30.0 Å². The maximum absolute atomic E-state index is 11.6. The Kier molecular flexibility index (Phi) is 3.57. The number of pyridine rings is 1. The van der Waals surface area contributed by atoms with Crippen LogP contribution in [-0.2, 0) is 0 Å². The Morgan fingerprint density at radius 1 is 1.17 bits per heavy atom. The molecule has 0 aliphatic rings. The van der Waals surface area contributed by atoms with Crippen LogP contribution in [0.1, 0.15) is 0 Å². The second-order valence-corrected chi connectivity index (χ2v) is 4.12. The highest BCUT2D eigenvalue weighted by Gasteiger charge is 2.05. The van der Waals surface area contributed by atoms with E-state index in [0.29, 0.717) is 0 Å². The fourth-order valence-electron chi connectivity index (χ4n) is 1.53. The highest BCUT2D eigenvalue weighted by atomic mass is 16.2. The van der Waals surface area contributed by atoms with Gasteiger partial charge in [-0.25, -0.2) is 4.79 Å². The number of hydrogen-bond donors (Lipinski definition) is 1. The van der Waals surface area contributed by atoms with Crippen LogP contribution < -0.4 is 5.32 Å². The second kappa shape index (κ2) is 5.31. The number of benzene rings is 1. The lowest BCUT2D eigenvalue weighted by Gasteiger charge is -2.12. The van der Waals surface area contributed by atoms with E-state index in [0.717, 1.165) is 16.9 Å².